The van der Waals surface area contributed by atoms with Gasteiger partial charge in [-0.3, -0.25) is 4.90 Å². The van der Waals surface area contributed by atoms with Crippen molar-refractivity contribution in [2.75, 3.05) is 37.7 Å². The molecular weight excluding hydrogens is 476 g/mol. The van der Waals surface area contributed by atoms with Gasteiger partial charge in [0.25, 0.3) is 5.92 Å². The van der Waals surface area contributed by atoms with Gasteiger partial charge in [0.15, 0.2) is 5.69 Å². The van der Waals surface area contributed by atoms with Crippen molar-refractivity contribution in [2.45, 2.75) is 110 Å². The minimum Gasteiger partial charge on any atom is -0.477 e. The Morgan fingerprint density at radius 2 is 1.68 bits per heavy atom. The van der Waals surface area contributed by atoms with E-state index in [2.05, 4.69) is 44.5 Å². The van der Waals surface area contributed by atoms with Crippen molar-refractivity contribution in [3.05, 3.63) is 17.8 Å². The first kappa shape index (κ1) is 31.3. The van der Waals surface area contributed by atoms with Crippen LogP contribution in [0.3, 0.4) is 0 Å². The summed E-state index contributed by atoms with van der Waals surface area (Å²) in [4.78, 5) is 18.9. The Kier molecular flexibility index (Phi) is 12.5. The summed E-state index contributed by atoms with van der Waals surface area (Å²) in [7, 11) is 0. The Morgan fingerprint density at radius 3 is 2.16 bits per heavy atom. The molecule has 0 radical (unpaired) electrons. The van der Waals surface area contributed by atoms with Crippen LogP contribution < -0.4 is 9.64 Å². The van der Waals surface area contributed by atoms with E-state index in [0.717, 1.165) is 12.8 Å². The van der Waals surface area contributed by atoms with E-state index in [0.29, 0.717) is 23.8 Å². The minimum atomic E-state index is -2.70. The molecule has 8 heteroatoms. The molecule has 0 atom stereocenters. The second-order valence-electron chi connectivity index (χ2n) is 11.5. The third-order valence-electron chi connectivity index (χ3n) is 7.01. The summed E-state index contributed by atoms with van der Waals surface area (Å²) in [6.07, 6.45) is 13.5. The average Bonchev–Trinajstić information content (AvgIpc) is 3.64. The summed E-state index contributed by atoms with van der Waals surface area (Å²) < 4.78 is 31.4. The molecule has 1 saturated heterocycles. The third-order valence-corrected chi connectivity index (χ3v) is 7.01. The molecule has 1 aromatic rings. The molecule has 6 nitrogen and oxygen atoms in total. The Balaban J connectivity index is 0.000000265. The van der Waals surface area contributed by atoms with Crippen LogP contribution >= 0.6 is 0 Å². The first-order chi connectivity index (χ1) is 17.5. The van der Waals surface area contributed by atoms with Crippen LogP contribution in [-0.2, 0) is 0 Å². The number of carboxylic acids is 1. The number of nitrogens with zero attached hydrogens (tertiary/aromatic N) is 3. The number of aromatic carboxylic acids is 1. The molecule has 37 heavy (non-hydrogen) atoms. The maximum atomic E-state index is 12.9. The maximum Gasteiger partial charge on any atom is 0.354 e. The van der Waals surface area contributed by atoms with Gasteiger partial charge < -0.3 is 14.7 Å². The van der Waals surface area contributed by atoms with Crippen molar-refractivity contribution < 1.29 is 23.4 Å². The van der Waals surface area contributed by atoms with E-state index in [9.17, 15) is 13.6 Å². The normalized spacial score (nSPS) is 16.7. The predicted molar refractivity (Wildman–Crippen MR) is 146 cm³/mol. The first-order valence-corrected chi connectivity index (χ1v) is 14.2. The summed E-state index contributed by atoms with van der Waals surface area (Å²) in [5.74, 6) is -3.26. The quantitative estimate of drug-likeness (QED) is 0.243. The Morgan fingerprint density at radius 1 is 1.08 bits per heavy atom. The molecule has 1 saturated carbocycles. The molecule has 1 aliphatic carbocycles. The number of alkyl halides is 2. The number of rotatable bonds is 15. The van der Waals surface area contributed by atoms with Gasteiger partial charge >= 0.3 is 5.97 Å². The Hall–Kier alpha value is -1.96. The number of carboxylic acid groups (broad SMARTS) is 1. The fourth-order valence-electron chi connectivity index (χ4n) is 4.47. The number of pyridine rings is 1. The van der Waals surface area contributed by atoms with Gasteiger partial charge in [0, 0.05) is 5.54 Å². The van der Waals surface area contributed by atoms with Crippen LogP contribution in [0, 0.1) is 5.92 Å². The van der Waals surface area contributed by atoms with Gasteiger partial charge in [-0.05, 0) is 71.2 Å². The lowest BCUT2D eigenvalue weighted by molar-refractivity contribution is -0.0265. The lowest BCUT2D eigenvalue weighted by Crippen LogP contribution is -2.56. The number of aromatic nitrogens is 1. The number of ether oxygens (including phenoxy) is 1. The van der Waals surface area contributed by atoms with Crippen molar-refractivity contribution in [1.82, 2.24) is 9.88 Å². The van der Waals surface area contributed by atoms with Crippen molar-refractivity contribution >= 4 is 11.7 Å². The summed E-state index contributed by atoms with van der Waals surface area (Å²) in [5, 5.41) is 8.93. The molecule has 0 aromatic carbocycles. The zero-order valence-electron chi connectivity index (χ0n) is 23.7. The molecule has 0 spiro atoms. The summed E-state index contributed by atoms with van der Waals surface area (Å²) in [6, 6.07) is 2.78. The van der Waals surface area contributed by atoms with Gasteiger partial charge in [0.05, 0.1) is 19.7 Å². The van der Waals surface area contributed by atoms with E-state index < -0.39 is 11.9 Å². The molecule has 0 bridgehead atoms. The molecule has 2 aliphatic rings. The molecule has 212 valence electrons. The highest BCUT2D eigenvalue weighted by atomic mass is 19.3. The molecule has 0 unspecified atom stereocenters. The zero-order valence-corrected chi connectivity index (χ0v) is 23.7. The number of hydrogen-bond acceptors (Lipinski definition) is 5. The average molecular weight is 526 g/mol. The highest BCUT2D eigenvalue weighted by Crippen LogP contribution is 2.37. The van der Waals surface area contributed by atoms with Gasteiger partial charge in [-0.2, -0.15) is 0 Å². The summed E-state index contributed by atoms with van der Waals surface area (Å²) >= 11 is 0. The summed E-state index contributed by atoms with van der Waals surface area (Å²) in [6.45, 7) is 13.6. The van der Waals surface area contributed by atoms with Crippen LogP contribution in [0.25, 0.3) is 0 Å². The van der Waals surface area contributed by atoms with E-state index in [1.807, 2.05) is 0 Å². The number of anilines is 1. The number of unbranched alkanes of at least 4 members (excludes halogenated alkanes) is 7. The highest BCUT2D eigenvalue weighted by molar-refractivity contribution is 5.86. The SMILES string of the molecule is CCCCCCCCCCN(CC)C(C)(C)C.O=C(O)c1ccc(N2CC(F)(F)C2)c(OCC2CC2)n1. The van der Waals surface area contributed by atoms with E-state index in [1.165, 1.54) is 81.5 Å². The van der Waals surface area contributed by atoms with Crippen LogP contribution in [0.5, 0.6) is 5.88 Å². The fourth-order valence-corrected chi connectivity index (χ4v) is 4.47. The minimum absolute atomic E-state index is 0.132. The van der Waals surface area contributed by atoms with E-state index in [-0.39, 0.29) is 24.7 Å². The topological polar surface area (TPSA) is 65.9 Å². The van der Waals surface area contributed by atoms with Crippen LogP contribution in [0.2, 0.25) is 0 Å². The second kappa shape index (κ2) is 14.8. The first-order valence-electron chi connectivity index (χ1n) is 14.2. The standard InChI is InChI=1S/C16H35N.C13H14F2N2O3/c1-6-8-9-10-11-12-13-14-15-17(7-2)16(3,4)5;14-13(15)6-17(7-13)10-4-3-9(12(18)19)16-11(10)20-5-8-1-2-8/h6-15H2,1-5H3;3-4,8H,1-2,5-7H2,(H,18,19). The number of halogens is 2. The van der Waals surface area contributed by atoms with E-state index in [4.69, 9.17) is 9.84 Å². The van der Waals surface area contributed by atoms with E-state index >= 15 is 0 Å². The zero-order chi connectivity index (χ0) is 27.5. The monoisotopic (exact) mass is 525 g/mol. The number of hydrogen-bond donors (Lipinski definition) is 1. The van der Waals surface area contributed by atoms with Gasteiger partial charge in [-0.25, -0.2) is 18.6 Å². The van der Waals surface area contributed by atoms with Crippen molar-refractivity contribution in [3.8, 4) is 5.88 Å². The van der Waals surface area contributed by atoms with Gasteiger partial charge in [0.1, 0.15) is 5.69 Å². The fraction of sp³-hybridized carbons (Fsp3) is 0.793. The van der Waals surface area contributed by atoms with E-state index in [1.54, 1.807) is 0 Å². The maximum absolute atomic E-state index is 12.9. The molecule has 1 aromatic heterocycles. The molecule has 0 amide bonds. The number of carbonyl (C=O) groups is 1. The molecule has 3 rings (SSSR count). The van der Waals surface area contributed by atoms with Crippen LogP contribution in [0.1, 0.15) is 109 Å². The van der Waals surface area contributed by atoms with Crippen molar-refractivity contribution in [2.24, 2.45) is 5.92 Å². The van der Waals surface area contributed by atoms with Crippen LogP contribution in [-0.4, -0.2) is 65.2 Å². The Labute approximate surface area is 222 Å². The van der Waals surface area contributed by atoms with Crippen molar-refractivity contribution in [3.63, 3.8) is 0 Å². The summed E-state index contributed by atoms with van der Waals surface area (Å²) in [5.41, 5.74) is 0.629. The largest absolute Gasteiger partial charge is 0.477 e. The lowest BCUT2D eigenvalue weighted by atomic mass is 10.0. The highest BCUT2D eigenvalue weighted by Gasteiger charge is 2.45. The lowest BCUT2D eigenvalue weighted by Gasteiger charge is -2.40. The van der Waals surface area contributed by atoms with Crippen LogP contribution in [0.4, 0.5) is 14.5 Å². The molecule has 1 N–H and O–H groups in total. The molecule has 2 fully saturated rings. The second-order valence-corrected chi connectivity index (χ2v) is 11.5. The van der Waals surface area contributed by atoms with Crippen molar-refractivity contribution in [1.29, 1.82) is 0 Å². The van der Waals surface area contributed by atoms with Gasteiger partial charge in [-0.1, -0.05) is 58.8 Å². The Bertz CT molecular complexity index is 817. The van der Waals surface area contributed by atoms with Gasteiger partial charge in [-0.15, -0.1) is 0 Å². The molecule has 2 heterocycles. The molecule has 1 aliphatic heterocycles. The third kappa shape index (κ3) is 11.5. The predicted octanol–water partition coefficient (Wildman–Crippen LogP) is 7.27. The van der Waals surface area contributed by atoms with Crippen LogP contribution in [0.15, 0.2) is 12.1 Å². The van der Waals surface area contributed by atoms with Gasteiger partial charge in [0.2, 0.25) is 5.88 Å². The molecular formula is C29H49F2N3O3. The smallest absolute Gasteiger partial charge is 0.354 e.